The van der Waals surface area contributed by atoms with Crippen molar-refractivity contribution in [2.45, 2.75) is 0 Å². The molecule has 22 heavy (non-hydrogen) atoms. The predicted octanol–water partition coefficient (Wildman–Crippen LogP) is 4.87. The van der Waals surface area contributed by atoms with Crippen molar-refractivity contribution in [3.05, 3.63) is 84.2 Å². The Morgan fingerprint density at radius 2 is 1.77 bits per heavy atom. The van der Waals surface area contributed by atoms with Gasteiger partial charge in [0.25, 0.3) is 0 Å². The van der Waals surface area contributed by atoms with Crippen LogP contribution in [0.3, 0.4) is 0 Å². The van der Waals surface area contributed by atoms with Crippen LogP contribution in [0.25, 0.3) is 11.6 Å². The van der Waals surface area contributed by atoms with E-state index in [9.17, 15) is 5.26 Å². The number of aromatic nitrogens is 1. The minimum absolute atomic E-state index is 0.584. The molecule has 3 aromatic rings. The highest BCUT2D eigenvalue weighted by Gasteiger charge is 2.04. The van der Waals surface area contributed by atoms with E-state index in [4.69, 9.17) is 4.74 Å². The van der Waals surface area contributed by atoms with E-state index >= 15 is 0 Å². The normalized spacial score (nSPS) is 11.0. The molecule has 0 unspecified atom stereocenters. The second-order valence-electron chi connectivity index (χ2n) is 4.74. The van der Waals surface area contributed by atoms with E-state index in [1.807, 2.05) is 79.0 Å². The van der Waals surface area contributed by atoms with Crippen molar-refractivity contribution in [2.75, 3.05) is 0 Å². The number of benzene rings is 2. The standard InChI is InChI=1S/C19H14N2O/c20-14-16(12-17-7-5-11-21-17)15-6-4-10-19(13-15)22-18-8-2-1-3-9-18/h1-13,21H/b16-12+. The molecule has 0 amide bonds. The van der Waals surface area contributed by atoms with Gasteiger partial charge in [0.15, 0.2) is 0 Å². The Labute approximate surface area is 129 Å². The predicted molar refractivity (Wildman–Crippen MR) is 87.2 cm³/mol. The second kappa shape index (κ2) is 6.47. The molecule has 0 saturated carbocycles. The van der Waals surface area contributed by atoms with Gasteiger partial charge in [0.1, 0.15) is 11.5 Å². The fourth-order valence-corrected chi connectivity index (χ4v) is 2.12. The average molecular weight is 286 g/mol. The van der Waals surface area contributed by atoms with Crippen molar-refractivity contribution in [3.63, 3.8) is 0 Å². The van der Waals surface area contributed by atoms with Gasteiger partial charge < -0.3 is 9.72 Å². The third-order valence-electron chi connectivity index (χ3n) is 3.17. The Morgan fingerprint density at radius 3 is 2.50 bits per heavy atom. The van der Waals surface area contributed by atoms with Crippen LogP contribution in [0, 0.1) is 11.3 Å². The van der Waals surface area contributed by atoms with Crippen molar-refractivity contribution < 1.29 is 4.74 Å². The van der Waals surface area contributed by atoms with E-state index in [2.05, 4.69) is 11.1 Å². The maximum Gasteiger partial charge on any atom is 0.128 e. The molecule has 3 rings (SSSR count). The first-order chi connectivity index (χ1) is 10.8. The van der Waals surface area contributed by atoms with Crippen LogP contribution in [0.1, 0.15) is 11.3 Å². The van der Waals surface area contributed by atoms with Gasteiger partial charge in [-0.3, -0.25) is 0 Å². The van der Waals surface area contributed by atoms with Gasteiger partial charge in [-0.05, 0) is 48.0 Å². The van der Waals surface area contributed by atoms with E-state index in [1.165, 1.54) is 0 Å². The summed E-state index contributed by atoms with van der Waals surface area (Å²) in [6.07, 6.45) is 3.65. The van der Waals surface area contributed by atoms with Crippen LogP contribution in [0.5, 0.6) is 11.5 Å². The van der Waals surface area contributed by atoms with Gasteiger partial charge in [-0.2, -0.15) is 5.26 Å². The third kappa shape index (κ3) is 3.25. The zero-order valence-electron chi connectivity index (χ0n) is 11.9. The fourth-order valence-electron chi connectivity index (χ4n) is 2.12. The van der Waals surface area contributed by atoms with E-state index in [0.29, 0.717) is 11.3 Å². The summed E-state index contributed by atoms with van der Waals surface area (Å²) < 4.78 is 5.80. The van der Waals surface area contributed by atoms with Gasteiger partial charge in [-0.25, -0.2) is 0 Å². The Bertz CT molecular complexity index is 812. The number of aromatic amines is 1. The molecule has 0 aliphatic carbocycles. The fraction of sp³-hybridized carbons (Fsp3) is 0. The summed E-state index contributed by atoms with van der Waals surface area (Å²) in [4.78, 5) is 3.07. The Hall–Kier alpha value is -3.25. The summed E-state index contributed by atoms with van der Waals surface area (Å²) in [7, 11) is 0. The molecule has 3 heteroatoms. The molecule has 0 radical (unpaired) electrons. The Balaban J connectivity index is 1.89. The van der Waals surface area contributed by atoms with E-state index in [-0.39, 0.29) is 0 Å². The summed E-state index contributed by atoms with van der Waals surface area (Å²) in [5.74, 6) is 1.47. The number of hydrogen-bond donors (Lipinski definition) is 1. The lowest BCUT2D eigenvalue weighted by molar-refractivity contribution is 0.482. The van der Waals surface area contributed by atoms with E-state index in [0.717, 1.165) is 17.0 Å². The van der Waals surface area contributed by atoms with Crippen molar-refractivity contribution in [1.29, 1.82) is 5.26 Å². The molecule has 0 aliphatic heterocycles. The van der Waals surface area contributed by atoms with Crippen LogP contribution in [-0.4, -0.2) is 4.98 Å². The average Bonchev–Trinajstić information content (AvgIpc) is 3.07. The number of para-hydroxylation sites is 1. The lowest BCUT2D eigenvalue weighted by atomic mass is 10.1. The lowest BCUT2D eigenvalue weighted by Gasteiger charge is -2.07. The van der Waals surface area contributed by atoms with Gasteiger partial charge >= 0.3 is 0 Å². The summed E-state index contributed by atoms with van der Waals surface area (Å²) >= 11 is 0. The van der Waals surface area contributed by atoms with Crippen LogP contribution in [0.4, 0.5) is 0 Å². The van der Waals surface area contributed by atoms with Gasteiger partial charge in [0.2, 0.25) is 0 Å². The highest BCUT2D eigenvalue weighted by Crippen LogP contribution is 2.25. The molecule has 2 aromatic carbocycles. The molecule has 0 spiro atoms. The number of rotatable bonds is 4. The molecule has 1 N–H and O–H groups in total. The molecule has 0 atom stereocenters. The smallest absolute Gasteiger partial charge is 0.128 e. The molecule has 106 valence electrons. The summed E-state index contributed by atoms with van der Waals surface area (Å²) in [5, 5.41) is 9.39. The van der Waals surface area contributed by atoms with Gasteiger partial charge in [0.05, 0.1) is 11.6 Å². The number of nitriles is 1. The summed E-state index contributed by atoms with van der Waals surface area (Å²) in [5.41, 5.74) is 2.30. The van der Waals surface area contributed by atoms with Crippen molar-refractivity contribution in [2.24, 2.45) is 0 Å². The molecule has 3 nitrogen and oxygen atoms in total. The zero-order valence-corrected chi connectivity index (χ0v) is 11.9. The quantitative estimate of drug-likeness (QED) is 0.695. The monoisotopic (exact) mass is 286 g/mol. The second-order valence-corrected chi connectivity index (χ2v) is 4.74. The van der Waals surface area contributed by atoms with Gasteiger partial charge in [-0.15, -0.1) is 0 Å². The number of allylic oxidation sites excluding steroid dienone is 1. The van der Waals surface area contributed by atoms with Crippen molar-refractivity contribution >= 4 is 11.6 Å². The van der Waals surface area contributed by atoms with Crippen LogP contribution >= 0.6 is 0 Å². The SMILES string of the molecule is N#C/C(=C\c1ccc[nH]1)c1cccc(Oc2ccccc2)c1. The molecular weight excluding hydrogens is 272 g/mol. The number of H-pyrrole nitrogens is 1. The first kappa shape index (κ1) is 13.7. The highest BCUT2D eigenvalue weighted by atomic mass is 16.5. The Morgan fingerprint density at radius 1 is 0.955 bits per heavy atom. The molecule has 0 fully saturated rings. The number of nitrogens with zero attached hydrogens (tertiary/aromatic N) is 1. The van der Waals surface area contributed by atoms with Crippen LogP contribution < -0.4 is 4.74 Å². The number of ether oxygens (including phenoxy) is 1. The Kier molecular flexibility index (Phi) is 4.03. The van der Waals surface area contributed by atoms with Crippen molar-refractivity contribution in [1.82, 2.24) is 4.98 Å². The van der Waals surface area contributed by atoms with Gasteiger partial charge in [-0.1, -0.05) is 30.3 Å². The molecule has 0 bridgehead atoms. The molecule has 1 aromatic heterocycles. The van der Waals surface area contributed by atoms with Gasteiger partial charge in [0, 0.05) is 11.9 Å². The molecule has 0 aliphatic rings. The van der Waals surface area contributed by atoms with E-state index in [1.54, 1.807) is 0 Å². The largest absolute Gasteiger partial charge is 0.457 e. The topological polar surface area (TPSA) is 48.8 Å². The lowest BCUT2D eigenvalue weighted by Crippen LogP contribution is -1.87. The highest BCUT2D eigenvalue weighted by molar-refractivity contribution is 5.89. The molecular formula is C19H14N2O. The van der Waals surface area contributed by atoms with Crippen LogP contribution in [-0.2, 0) is 0 Å². The summed E-state index contributed by atoms with van der Waals surface area (Å²) in [6, 6.07) is 23.1. The van der Waals surface area contributed by atoms with Crippen LogP contribution in [0.15, 0.2) is 72.9 Å². The number of hydrogen-bond acceptors (Lipinski definition) is 2. The first-order valence-electron chi connectivity index (χ1n) is 6.94. The third-order valence-corrected chi connectivity index (χ3v) is 3.17. The molecule has 1 heterocycles. The maximum atomic E-state index is 9.39. The minimum atomic E-state index is 0.584. The first-order valence-corrected chi connectivity index (χ1v) is 6.94. The minimum Gasteiger partial charge on any atom is -0.457 e. The van der Waals surface area contributed by atoms with Crippen molar-refractivity contribution in [3.8, 4) is 17.6 Å². The number of nitrogens with one attached hydrogen (secondary N) is 1. The maximum absolute atomic E-state index is 9.39. The van der Waals surface area contributed by atoms with E-state index < -0.39 is 0 Å². The molecule has 0 saturated heterocycles. The zero-order chi connectivity index (χ0) is 15.2. The summed E-state index contributed by atoms with van der Waals surface area (Å²) in [6.45, 7) is 0. The van der Waals surface area contributed by atoms with Crippen LogP contribution in [0.2, 0.25) is 0 Å².